The Hall–Kier alpha value is -0.710. The number of aryl methyl sites for hydroxylation is 1. The Morgan fingerprint density at radius 1 is 1.38 bits per heavy atom. The molecule has 0 aliphatic carbocycles. The Labute approximate surface area is 104 Å². The first-order valence-corrected chi connectivity index (χ1v) is 7.26. The van der Waals surface area contributed by atoms with Crippen molar-refractivity contribution >= 4 is 22.7 Å². The van der Waals surface area contributed by atoms with Crippen LogP contribution in [0.15, 0.2) is 16.8 Å². The van der Waals surface area contributed by atoms with Crippen LogP contribution in [0.1, 0.15) is 17.5 Å². The molecular weight excluding hydrogens is 236 g/mol. The second-order valence-corrected chi connectivity index (χ2v) is 5.52. The minimum Gasteiger partial charge on any atom is -0.317 e. The number of nitrogens with zero attached hydrogens (tertiary/aromatic N) is 1. The average molecular weight is 252 g/mol. The Bertz CT molecular complexity index is 445. The number of aromatic nitrogens is 1. The van der Waals surface area contributed by atoms with Crippen LogP contribution < -0.4 is 5.32 Å². The van der Waals surface area contributed by atoms with Gasteiger partial charge in [-0.05, 0) is 30.5 Å². The standard InChI is InChI=1S/C12H16N2S2/c1-3-13-6-4-11-14-10(8-16-11)12-9(2)5-7-15-12/h5,7-8,13H,3-4,6H2,1-2H3. The molecule has 16 heavy (non-hydrogen) atoms. The number of hydrogen-bond acceptors (Lipinski definition) is 4. The van der Waals surface area contributed by atoms with Crippen LogP contribution in [0.4, 0.5) is 0 Å². The molecule has 0 bridgehead atoms. The zero-order chi connectivity index (χ0) is 11.4. The molecule has 0 fully saturated rings. The van der Waals surface area contributed by atoms with Gasteiger partial charge in [0.05, 0.1) is 15.6 Å². The monoisotopic (exact) mass is 252 g/mol. The van der Waals surface area contributed by atoms with Gasteiger partial charge in [0.15, 0.2) is 0 Å². The van der Waals surface area contributed by atoms with Crippen LogP contribution in [0.5, 0.6) is 0 Å². The maximum atomic E-state index is 4.67. The SMILES string of the molecule is CCNCCc1nc(-c2sccc2C)cs1. The van der Waals surface area contributed by atoms with Crippen molar-refractivity contribution in [1.82, 2.24) is 10.3 Å². The first-order chi connectivity index (χ1) is 7.81. The van der Waals surface area contributed by atoms with Gasteiger partial charge in [-0.15, -0.1) is 22.7 Å². The van der Waals surface area contributed by atoms with E-state index in [1.807, 2.05) is 0 Å². The summed E-state index contributed by atoms with van der Waals surface area (Å²) in [6, 6.07) is 2.15. The number of likely N-dealkylation sites (N-methyl/N-ethyl adjacent to an activating group) is 1. The van der Waals surface area contributed by atoms with Crippen LogP contribution in [0.2, 0.25) is 0 Å². The van der Waals surface area contributed by atoms with Crippen molar-refractivity contribution in [3.05, 3.63) is 27.4 Å². The van der Waals surface area contributed by atoms with E-state index in [4.69, 9.17) is 0 Å². The first kappa shape index (κ1) is 11.8. The molecule has 0 aliphatic heterocycles. The molecule has 0 aliphatic rings. The third-order valence-corrected chi connectivity index (χ3v) is 4.36. The van der Waals surface area contributed by atoms with Crippen LogP contribution >= 0.6 is 22.7 Å². The van der Waals surface area contributed by atoms with E-state index in [9.17, 15) is 0 Å². The summed E-state index contributed by atoms with van der Waals surface area (Å²) in [5.74, 6) is 0. The van der Waals surface area contributed by atoms with Crippen molar-refractivity contribution in [2.24, 2.45) is 0 Å². The molecule has 0 saturated heterocycles. The molecule has 1 N–H and O–H groups in total. The van der Waals surface area contributed by atoms with Gasteiger partial charge in [-0.1, -0.05) is 6.92 Å². The largest absolute Gasteiger partial charge is 0.317 e. The molecule has 2 aromatic heterocycles. The Morgan fingerprint density at radius 3 is 2.94 bits per heavy atom. The number of hydrogen-bond donors (Lipinski definition) is 1. The Kier molecular flexibility index (Phi) is 4.09. The van der Waals surface area contributed by atoms with Crippen molar-refractivity contribution in [3.8, 4) is 10.6 Å². The van der Waals surface area contributed by atoms with Crippen LogP contribution in [0, 0.1) is 6.92 Å². The van der Waals surface area contributed by atoms with E-state index >= 15 is 0 Å². The van der Waals surface area contributed by atoms with Gasteiger partial charge in [-0.3, -0.25) is 0 Å². The maximum Gasteiger partial charge on any atom is 0.0945 e. The van der Waals surface area contributed by atoms with E-state index in [1.165, 1.54) is 15.4 Å². The minimum absolute atomic E-state index is 1.02. The lowest BCUT2D eigenvalue weighted by atomic mass is 10.2. The van der Waals surface area contributed by atoms with Gasteiger partial charge in [0, 0.05) is 18.3 Å². The van der Waals surface area contributed by atoms with Crippen molar-refractivity contribution in [2.75, 3.05) is 13.1 Å². The molecule has 0 radical (unpaired) electrons. The zero-order valence-corrected chi connectivity index (χ0v) is 11.3. The van der Waals surface area contributed by atoms with Crippen LogP contribution in [0.3, 0.4) is 0 Å². The van der Waals surface area contributed by atoms with Crippen LogP contribution in [-0.4, -0.2) is 18.1 Å². The quantitative estimate of drug-likeness (QED) is 0.826. The smallest absolute Gasteiger partial charge is 0.0945 e. The molecular formula is C12H16N2S2. The first-order valence-electron chi connectivity index (χ1n) is 5.51. The van der Waals surface area contributed by atoms with E-state index in [0.29, 0.717) is 0 Å². The van der Waals surface area contributed by atoms with Gasteiger partial charge >= 0.3 is 0 Å². The lowest BCUT2D eigenvalue weighted by Crippen LogP contribution is -2.15. The van der Waals surface area contributed by atoms with Crippen molar-refractivity contribution < 1.29 is 0 Å². The number of thiophene rings is 1. The summed E-state index contributed by atoms with van der Waals surface area (Å²) >= 11 is 3.54. The fraction of sp³-hybridized carbons (Fsp3) is 0.417. The molecule has 0 amide bonds. The second kappa shape index (κ2) is 5.57. The van der Waals surface area contributed by atoms with E-state index in [0.717, 1.165) is 25.2 Å². The van der Waals surface area contributed by atoms with Gasteiger partial charge in [-0.2, -0.15) is 0 Å². The number of nitrogens with one attached hydrogen (secondary N) is 1. The summed E-state index contributed by atoms with van der Waals surface area (Å²) < 4.78 is 0. The highest BCUT2D eigenvalue weighted by molar-refractivity contribution is 7.14. The summed E-state index contributed by atoms with van der Waals surface area (Å²) in [6.07, 6.45) is 1.03. The van der Waals surface area contributed by atoms with E-state index in [1.54, 1.807) is 22.7 Å². The molecule has 0 spiro atoms. The van der Waals surface area contributed by atoms with Gasteiger partial charge < -0.3 is 5.32 Å². The molecule has 2 nitrogen and oxygen atoms in total. The zero-order valence-electron chi connectivity index (χ0n) is 9.62. The molecule has 4 heteroatoms. The summed E-state index contributed by atoms with van der Waals surface area (Å²) in [7, 11) is 0. The highest BCUT2D eigenvalue weighted by Crippen LogP contribution is 2.29. The highest BCUT2D eigenvalue weighted by atomic mass is 32.1. The molecule has 0 atom stereocenters. The van der Waals surface area contributed by atoms with E-state index in [2.05, 4.69) is 41.0 Å². The molecule has 0 aromatic carbocycles. The van der Waals surface area contributed by atoms with E-state index < -0.39 is 0 Å². The van der Waals surface area contributed by atoms with Crippen molar-refractivity contribution in [2.45, 2.75) is 20.3 Å². The number of thiazole rings is 1. The predicted octanol–water partition coefficient (Wildman–Crippen LogP) is 3.33. The topological polar surface area (TPSA) is 24.9 Å². The van der Waals surface area contributed by atoms with Gasteiger partial charge in [0.2, 0.25) is 0 Å². The lowest BCUT2D eigenvalue weighted by molar-refractivity contribution is 0.715. The van der Waals surface area contributed by atoms with Crippen LogP contribution in [0.25, 0.3) is 10.6 Å². The predicted molar refractivity (Wildman–Crippen MR) is 72.4 cm³/mol. The summed E-state index contributed by atoms with van der Waals surface area (Å²) in [4.78, 5) is 5.99. The van der Waals surface area contributed by atoms with Gasteiger partial charge in [0.25, 0.3) is 0 Å². The number of rotatable bonds is 5. The molecule has 0 saturated carbocycles. The lowest BCUT2D eigenvalue weighted by Gasteiger charge is -1.97. The third kappa shape index (κ3) is 2.70. The van der Waals surface area contributed by atoms with Gasteiger partial charge in [-0.25, -0.2) is 4.98 Å². The Balaban J connectivity index is 2.05. The molecule has 2 heterocycles. The summed E-state index contributed by atoms with van der Waals surface area (Å²) in [6.45, 7) is 6.32. The van der Waals surface area contributed by atoms with Gasteiger partial charge in [0.1, 0.15) is 0 Å². The average Bonchev–Trinajstić information content (AvgIpc) is 2.87. The maximum absolute atomic E-state index is 4.67. The summed E-state index contributed by atoms with van der Waals surface area (Å²) in [5, 5.41) is 8.84. The normalized spacial score (nSPS) is 10.9. The van der Waals surface area contributed by atoms with Crippen molar-refractivity contribution in [1.29, 1.82) is 0 Å². The second-order valence-electron chi connectivity index (χ2n) is 3.66. The van der Waals surface area contributed by atoms with Crippen LogP contribution in [-0.2, 0) is 6.42 Å². The molecule has 2 rings (SSSR count). The molecule has 0 unspecified atom stereocenters. The fourth-order valence-corrected chi connectivity index (χ4v) is 3.29. The molecule has 2 aromatic rings. The van der Waals surface area contributed by atoms with E-state index in [-0.39, 0.29) is 0 Å². The minimum atomic E-state index is 1.02. The Morgan fingerprint density at radius 2 is 2.25 bits per heavy atom. The summed E-state index contributed by atoms with van der Waals surface area (Å²) in [5.41, 5.74) is 2.47. The highest BCUT2D eigenvalue weighted by Gasteiger charge is 2.07. The fourth-order valence-electron chi connectivity index (χ4n) is 1.54. The van der Waals surface area contributed by atoms with Crippen molar-refractivity contribution in [3.63, 3.8) is 0 Å². The molecule has 86 valence electrons. The third-order valence-electron chi connectivity index (χ3n) is 2.41.